The van der Waals surface area contributed by atoms with Crippen molar-refractivity contribution in [1.29, 1.82) is 0 Å². The fraction of sp³-hybridized carbons (Fsp3) is 0.227. The number of hydrogen-bond acceptors (Lipinski definition) is 4. The van der Waals surface area contributed by atoms with Crippen LogP contribution >= 0.6 is 0 Å². The molecule has 148 valence electrons. The van der Waals surface area contributed by atoms with E-state index in [9.17, 15) is 5.11 Å². The average molecular weight is 391 g/mol. The third-order valence-corrected chi connectivity index (χ3v) is 5.10. The predicted octanol–water partition coefficient (Wildman–Crippen LogP) is 2.70. The molecule has 7 heteroatoms. The van der Waals surface area contributed by atoms with Crippen molar-refractivity contribution in [2.75, 3.05) is 21.2 Å². The number of nitrogens with zero attached hydrogens (tertiary/aromatic N) is 5. The van der Waals surface area contributed by atoms with Gasteiger partial charge in [-0.15, -0.1) is 4.68 Å². The number of methoxy groups -OCH3 is 1. The van der Waals surface area contributed by atoms with Crippen LogP contribution in [0.1, 0.15) is 5.69 Å². The SMILES string of the molecule is COc1cc(-c2c[n+](C)n3c([N+](C)(C)Cc4ccccn4)ccnc23)ccc1O. The zero-order valence-corrected chi connectivity index (χ0v) is 17.1. The topological polar surface area (TPSA) is 63.5 Å². The van der Waals surface area contributed by atoms with Crippen molar-refractivity contribution >= 4 is 11.5 Å². The van der Waals surface area contributed by atoms with Crippen LogP contribution in [0, 0.1) is 0 Å². The lowest BCUT2D eigenvalue weighted by Crippen LogP contribution is -2.45. The Labute approximate surface area is 169 Å². The van der Waals surface area contributed by atoms with Gasteiger partial charge in [-0.1, -0.05) is 12.1 Å². The van der Waals surface area contributed by atoms with E-state index in [1.54, 1.807) is 13.2 Å². The van der Waals surface area contributed by atoms with Gasteiger partial charge in [-0.2, -0.15) is 0 Å². The van der Waals surface area contributed by atoms with Crippen LogP contribution in [0.3, 0.4) is 0 Å². The molecule has 0 aliphatic heterocycles. The summed E-state index contributed by atoms with van der Waals surface area (Å²) in [5, 5.41) is 9.93. The molecule has 0 unspecified atom stereocenters. The largest absolute Gasteiger partial charge is 0.504 e. The lowest BCUT2D eigenvalue weighted by atomic mass is 10.1. The summed E-state index contributed by atoms with van der Waals surface area (Å²) in [5.41, 5.74) is 3.76. The van der Waals surface area contributed by atoms with Crippen LogP contribution in [0.5, 0.6) is 11.5 Å². The van der Waals surface area contributed by atoms with Crippen LogP contribution in [0.4, 0.5) is 5.82 Å². The Hall–Kier alpha value is -3.45. The molecule has 29 heavy (non-hydrogen) atoms. The van der Waals surface area contributed by atoms with Gasteiger partial charge in [-0.3, -0.25) is 9.47 Å². The molecule has 0 atom stereocenters. The van der Waals surface area contributed by atoms with E-state index in [-0.39, 0.29) is 5.75 Å². The van der Waals surface area contributed by atoms with Crippen LogP contribution in [0.25, 0.3) is 16.8 Å². The molecule has 1 N–H and O–H groups in total. The average Bonchev–Trinajstić information content (AvgIpc) is 3.05. The van der Waals surface area contributed by atoms with Crippen molar-refractivity contribution in [3.05, 3.63) is 66.7 Å². The number of phenolic OH excluding ortho intramolecular Hbond substituents is 1. The molecular formula is C22H25N5O2+2. The highest BCUT2D eigenvalue weighted by Gasteiger charge is 2.29. The van der Waals surface area contributed by atoms with Crippen LogP contribution in [0.15, 0.2) is 61.1 Å². The van der Waals surface area contributed by atoms with Crippen LogP contribution in [-0.4, -0.2) is 40.8 Å². The number of fused-ring (bicyclic) bond motifs is 1. The molecule has 4 rings (SSSR count). The first kappa shape index (κ1) is 18.9. The Morgan fingerprint density at radius 2 is 1.93 bits per heavy atom. The third-order valence-electron chi connectivity index (χ3n) is 5.10. The number of phenols is 1. The van der Waals surface area contributed by atoms with E-state index in [0.717, 1.165) is 34.8 Å². The van der Waals surface area contributed by atoms with Crippen molar-refractivity contribution in [2.24, 2.45) is 7.05 Å². The van der Waals surface area contributed by atoms with Gasteiger partial charge in [0, 0.05) is 18.5 Å². The molecule has 7 nitrogen and oxygen atoms in total. The van der Waals surface area contributed by atoms with Gasteiger partial charge in [-0.05, 0) is 34.3 Å². The summed E-state index contributed by atoms with van der Waals surface area (Å²) >= 11 is 0. The highest BCUT2D eigenvalue weighted by Crippen LogP contribution is 2.33. The minimum atomic E-state index is 0.117. The normalized spacial score (nSPS) is 11.7. The van der Waals surface area contributed by atoms with Crippen molar-refractivity contribution in [1.82, 2.24) is 19.0 Å². The minimum absolute atomic E-state index is 0.117. The molecule has 3 aromatic heterocycles. The van der Waals surface area contributed by atoms with Gasteiger partial charge in [0.15, 0.2) is 18.5 Å². The number of quaternary nitrogens is 1. The van der Waals surface area contributed by atoms with Gasteiger partial charge in [0.25, 0.3) is 5.82 Å². The van der Waals surface area contributed by atoms with Gasteiger partial charge in [0.2, 0.25) is 11.8 Å². The molecule has 0 saturated carbocycles. The maximum Gasteiger partial charge on any atom is 0.266 e. The summed E-state index contributed by atoms with van der Waals surface area (Å²) in [7, 11) is 7.87. The van der Waals surface area contributed by atoms with E-state index < -0.39 is 0 Å². The second-order valence-electron chi connectivity index (χ2n) is 7.61. The second kappa shape index (κ2) is 7.18. The number of rotatable bonds is 5. The first-order valence-electron chi connectivity index (χ1n) is 9.38. The number of aromatic hydroxyl groups is 1. The number of ether oxygens (including phenoxy) is 1. The molecule has 1 aromatic carbocycles. The molecule has 0 fully saturated rings. The summed E-state index contributed by atoms with van der Waals surface area (Å²) in [6.07, 6.45) is 5.70. The summed E-state index contributed by atoms with van der Waals surface area (Å²) in [6, 6.07) is 13.4. The Balaban J connectivity index is 1.84. The zero-order chi connectivity index (χ0) is 20.6. The van der Waals surface area contributed by atoms with E-state index >= 15 is 0 Å². The summed E-state index contributed by atoms with van der Waals surface area (Å²) in [6.45, 7) is 0.750. The summed E-state index contributed by atoms with van der Waals surface area (Å²) in [5.74, 6) is 1.64. The van der Waals surface area contributed by atoms with Gasteiger partial charge >= 0.3 is 0 Å². The fourth-order valence-corrected chi connectivity index (χ4v) is 3.69. The fourth-order valence-electron chi connectivity index (χ4n) is 3.69. The monoisotopic (exact) mass is 391 g/mol. The van der Waals surface area contributed by atoms with E-state index in [0.29, 0.717) is 10.2 Å². The van der Waals surface area contributed by atoms with E-state index in [4.69, 9.17) is 4.74 Å². The maximum atomic E-state index is 9.93. The Morgan fingerprint density at radius 3 is 2.66 bits per heavy atom. The van der Waals surface area contributed by atoms with Crippen molar-refractivity contribution in [3.63, 3.8) is 0 Å². The number of pyridine rings is 1. The number of aryl methyl sites for hydroxylation is 1. The summed E-state index contributed by atoms with van der Waals surface area (Å²) < 4.78 is 10.0. The third kappa shape index (κ3) is 3.40. The standard InChI is InChI=1S/C22H24N5O2/c1-25-14-18(16-8-9-19(28)20(13-16)29-4)22-24-12-10-21(26(22)25)27(2,3)15-17-7-5-6-11-23-17/h5-14H,15H2,1-4H3/q+1/p+1. The molecule has 0 saturated heterocycles. The predicted molar refractivity (Wildman–Crippen MR) is 112 cm³/mol. The highest BCUT2D eigenvalue weighted by molar-refractivity contribution is 5.78. The second-order valence-corrected chi connectivity index (χ2v) is 7.61. The van der Waals surface area contributed by atoms with Crippen LogP contribution < -0.4 is 13.9 Å². The molecule has 0 bridgehead atoms. The van der Waals surface area contributed by atoms with Gasteiger partial charge in [-0.25, -0.2) is 4.98 Å². The minimum Gasteiger partial charge on any atom is -0.504 e. The van der Waals surface area contributed by atoms with Gasteiger partial charge in [0.05, 0.1) is 32.5 Å². The Bertz CT molecular complexity index is 1170. The highest BCUT2D eigenvalue weighted by atomic mass is 16.5. The van der Waals surface area contributed by atoms with Crippen LogP contribution in [0.2, 0.25) is 0 Å². The number of aromatic nitrogens is 4. The van der Waals surface area contributed by atoms with E-state index in [1.165, 1.54) is 0 Å². The molecule has 0 amide bonds. The molecule has 0 radical (unpaired) electrons. The Kier molecular flexibility index (Phi) is 4.68. The van der Waals surface area contributed by atoms with E-state index in [2.05, 4.69) is 28.6 Å². The van der Waals surface area contributed by atoms with Gasteiger partial charge in [0.1, 0.15) is 6.54 Å². The lowest BCUT2D eigenvalue weighted by Gasteiger charge is -2.27. The van der Waals surface area contributed by atoms with Gasteiger partial charge < -0.3 is 9.84 Å². The zero-order valence-electron chi connectivity index (χ0n) is 17.1. The van der Waals surface area contributed by atoms with Crippen molar-refractivity contribution < 1.29 is 14.5 Å². The first-order valence-corrected chi connectivity index (χ1v) is 9.38. The molecular weight excluding hydrogens is 366 g/mol. The smallest absolute Gasteiger partial charge is 0.266 e. The molecule has 0 aliphatic rings. The summed E-state index contributed by atoms with van der Waals surface area (Å²) in [4.78, 5) is 9.14. The Morgan fingerprint density at radius 1 is 1.10 bits per heavy atom. The molecule has 4 aromatic rings. The first-order chi connectivity index (χ1) is 13.9. The van der Waals surface area contributed by atoms with Crippen molar-refractivity contribution in [3.8, 4) is 22.6 Å². The number of hydrogen-bond donors (Lipinski definition) is 1. The molecule has 3 heterocycles. The number of benzene rings is 1. The maximum absolute atomic E-state index is 9.93. The van der Waals surface area contributed by atoms with E-state index in [1.807, 2.05) is 66.7 Å². The van der Waals surface area contributed by atoms with Crippen molar-refractivity contribution in [2.45, 2.75) is 6.54 Å². The molecule has 0 aliphatic carbocycles. The van der Waals surface area contributed by atoms with Crippen LogP contribution in [-0.2, 0) is 13.6 Å². The quantitative estimate of drug-likeness (QED) is 0.420. The molecule has 0 spiro atoms. The lowest BCUT2D eigenvalue weighted by molar-refractivity contribution is -0.736.